The Morgan fingerprint density at radius 2 is 1.65 bits per heavy atom. The second-order valence-electron chi connectivity index (χ2n) is 5.31. The lowest BCUT2D eigenvalue weighted by Crippen LogP contribution is -2.22. The van der Waals surface area contributed by atoms with Gasteiger partial charge in [0.1, 0.15) is 0 Å². The maximum atomic E-state index is 5.71. The molecule has 0 aromatic heterocycles. The maximum Gasteiger partial charge on any atom is 0.161 e. The van der Waals surface area contributed by atoms with Crippen LogP contribution in [0.4, 0.5) is 0 Å². The SMILES string of the molecule is CCNC(CC(C)C)c1ccc(OCC)c(OCC)c1. The smallest absolute Gasteiger partial charge is 0.161 e. The number of rotatable bonds is 9. The normalized spacial score (nSPS) is 12.5. The molecule has 1 atom stereocenters. The molecule has 0 saturated heterocycles. The van der Waals surface area contributed by atoms with Crippen LogP contribution in [0.15, 0.2) is 18.2 Å². The molecule has 0 spiro atoms. The van der Waals surface area contributed by atoms with Crippen molar-refractivity contribution in [3.63, 3.8) is 0 Å². The molecule has 0 amide bonds. The highest BCUT2D eigenvalue weighted by Crippen LogP contribution is 2.32. The number of hydrogen-bond donors (Lipinski definition) is 1. The summed E-state index contributed by atoms with van der Waals surface area (Å²) < 4.78 is 11.3. The monoisotopic (exact) mass is 279 g/mol. The van der Waals surface area contributed by atoms with E-state index in [4.69, 9.17) is 9.47 Å². The van der Waals surface area contributed by atoms with Gasteiger partial charge in [-0.15, -0.1) is 0 Å². The summed E-state index contributed by atoms with van der Waals surface area (Å²) in [6, 6.07) is 6.65. The molecular formula is C17H29NO2. The summed E-state index contributed by atoms with van der Waals surface area (Å²) in [7, 11) is 0. The van der Waals surface area contributed by atoms with Crippen molar-refractivity contribution in [3.8, 4) is 11.5 Å². The zero-order valence-corrected chi connectivity index (χ0v) is 13.5. The lowest BCUT2D eigenvalue weighted by Gasteiger charge is -2.22. The average Bonchev–Trinajstić information content (AvgIpc) is 2.40. The molecule has 0 aliphatic rings. The Labute approximate surface area is 123 Å². The molecule has 0 radical (unpaired) electrons. The molecule has 3 nitrogen and oxygen atoms in total. The predicted molar refractivity (Wildman–Crippen MR) is 84.7 cm³/mol. The van der Waals surface area contributed by atoms with Crippen molar-refractivity contribution < 1.29 is 9.47 Å². The Morgan fingerprint density at radius 1 is 1.00 bits per heavy atom. The first kappa shape index (κ1) is 16.8. The van der Waals surface area contributed by atoms with Gasteiger partial charge in [0.05, 0.1) is 13.2 Å². The third kappa shape index (κ3) is 5.04. The van der Waals surface area contributed by atoms with E-state index in [2.05, 4.69) is 38.2 Å². The Kier molecular flexibility index (Phi) is 7.45. The quantitative estimate of drug-likeness (QED) is 0.735. The van der Waals surface area contributed by atoms with Gasteiger partial charge < -0.3 is 14.8 Å². The minimum atomic E-state index is 0.370. The van der Waals surface area contributed by atoms with Crippen molar-refractivity contribution >= 4 is 0 Å². The molecule has 3 heteroatoms. The van der Waals surface area contributed by atoms with E-state index in [0.717, 1.165) is 24.5 Å². The highest BCUT2D eigenvalue weighted by atomic mass is 16.5. The molecular weight excluding hydrogens is 250 g/mol. The first-order chi connectivity index (χ1) is 9.62. The van der Waals surface area contributed by atoms with Crippen molar-refractivity contribution in [1.82, 2.24) is 5.32 Å². The first-order valence-electron chi connectivity index (χ1n) is 7.75. The summed E-state index contributed by atoms with van der Waals surface area (Å²) in [6.07, 6.45) is 1.12. The minimum absolute atomic E-state index is 0.370. The van der Waals surface area contributed by atoms with Gasteiger partial charge in [-0.05, 0) is 50.4 Å². The van der Waals surface area contributed by atoms with E-state index in [9.17, 15) is 0 Å². The molecule has 0 heterocycles. The lowest BCUT2D eigenvalue weighted by atomic mass is 9.96. The van der Waals surface area contributed by atoms with Crippen LogP contribution in [-0.4, -0.2) is 19.8 Å². The topological polar surface area (TPSA) is 30.5 Å². The minimum Gasteiger partial charge on any atom is -0.490 e. The summed E-state index contributed by atoms with van der Waals surface area (Å²) in [4.78, 5) is 0. The van der Waals surface area contributed by atoms with Crippen molar-refractivity contribution in [1.29, 1.82) is 0 Å². The van der Waals surface area contributed by atoms with Crippen LogP contribution >= 0.6 is 0 Å². The van der Waals surface area contributed by atoms with E-state index >= 15 is 0 Å². The van der Waals surface area contributed by atoms with E-state index in [0.29, 0.717) is 25.2 Å². The number of ether oxygens (including phenoxy) is 2. The van der Waals surface area contributed by atoms with Crippen molar-refractivity contribution in [2.75, 3.05) is 19.8 Å². The van der Waals surface area contributed by atoms with Crippen molar-refractivity contribution in [2.45, 2.75) is 47.1 Å². The Bertz CT molecular complexity index is 391. The average molecular weight is 279 g/mol. The molecule has 1 unspecified atom stereocenters. The van der Waals surface area contributed by atoms with E-state index in [1.807, 2.05) is 19.9 Å². The van der Waals surface area contributed by atoms with Crippen LogP contribution in [0.1, 0.15) is 52.6 Å². The molecule has 0 aliphatic heterocycles. The maximum absolute atomic E-state index is 5.71. The standard InChI is InChI=1S/C17H29NO2/c1-6-18-15(11-13(4)5)14-9-10-16(19-7-2)17(12-14)20-8-3/h9-10,12-13,15,18H,6-8,11H2,1-5H3. The van der Waals surface area contributed by atoms with Gasteiger partial charge in [-0.2, -0.15) is 0 Å². The van der Waals surface area contributed by atoms with Crippen LogP contribution in [0.3, 0.4) is 0 Å². The number of nitrogens with one attached hydrogen (secondary N) is 1. The third-order valence-corrected chi connectivity index (χ3v) is 3.13. The van der Waals surface area contributed by atoms with Gasteiger partial charge in [-0.1, -0.05) is 26.8 Å². The second-order valence-corrected chi connectivity index (χ2v) is 5.31. The Morgan fingerprint density at radius 3 is 2.20 bits per heavy atom. The van der Waals surface area contributed by atoms with E-state index in [1.54, 1.807) is 0 Å². The lowest BCUT2D eigenvalue weighted by molar-refractivity contribution is 0.287. The molecule has 0 fully saturated rings. The molecule has 1 aromatic rings. The summed E-state index contributed by atoms with van der Waals surface area (Å²) in [6.45, 7) is 12.9. The van der Waals surface area contributed by atoms with E-state index in [1.165, 1.54) is 5.56 Å². The van der Waals surface area contributed by atoms with Gasteiger partial charge in [0.15, 0.2) is 11.5 Å². The molecule has 20 heavy (non-hydrogen) atoms. The van der Waals surface area contributed by atoms with Gasteiger partial charge in [0, 0.05) is 6.04 Å². The molecule has 0 aliphatic carbocycles. The van der Waals surface area contributed by atoms with Gasteiger partial charge in [-0.3, -0.25) is 0 Å². The molecule has 0 bridgehead atoms. The highest BCUT2D eigenvalue weighted by Gasteiger charge is 2.15. The van der Waals surface area contributed by atoms with Crippen molar-refractivity contribution in [3.05, 3.63) is 23.8 Å². The first-order valence-corrected chi connectivity index (χ1v) is 7.75. The van der Waals surface area contributed by atoms with Crippen LogP contribution in [-0.2, 0) is 0 Å². The highest BCUT2D eigenvalue weighted by molar-refractivity contribution is 5.44. The van der Waals surface area contributed by atoms with E-state index in [-0.39, 0.29) is 0 Å². The molecule has 1 aromatic carbocycles. The van der Waals surface area contributed by atoms with Crippen LogP contribution in [0.2, 0.25) is 0 Å². The summed E-state index contributed by atoms with van der Waals surface area (Å²) in [5.74, 6) is 2.33. The molecule has 1 rings (SSSR count). The zero-order valence-electron chi connectivity index (χ0n) is 13.5. The van der Waals surface area contributed by atoms with Gasteiger partial charge in [-0.25, -0.2) is 0 Å². The fourth-order valence-corrected chi connectivity index (χ4v) is 2.34. The fourth-order valence-electron chi connectivity index (χ4n) is 2.34. The second kappa shape index (κ2) is 8.85. The molecule has 1 N–H and O–H groups in total. The fraction of sp³-hybridized carbons (Fsp3) is 0.647. The van der Waals surface area contributed by atoms with Gasteiger partial charge in [0.2, 0.25) is 0 Å². The summed E-state index contributed by atoms with van der Waals surface area (Å²) >= 11 is 0. The summed E-state index contributed by atoms with van der Waals surface area (Å²) in [5.41, 5.74) is 1.27. The molecule has 114 valence electrons. The third-order valence-electron chi connectivity index (χ3n) is 3.13. The summed E-state index contributed by atoms with van der Waals surface area (Å²) in [5, 5.41) is 3.55. The van der Waals surface area contributed by atoms with Crippen LogP contribution in [0.25, 0.3) is 0 Å². The van der Waals surface area contributed by atoms with Crippen LogP contribution < -0.4 is 14.8 Å². The number of hydrogen-bond acceptors (Lipinski definition) is 3. The van der Waals surface area contributed by atoms with Crippen LogP contribution in [0.5, 0.6) is 11.5 Å². The van der Waals surface area contributed by atoms with Gasteiger partial charge >= 0.3 is 0 Å². The molecule has 0 saturated carbocycles. The van der Waals surface area contributed by atoms with Crippen LogP contribution in [0, 0.1) is 5.92 Å². The predicted octanol–water partition coefficient (Wildman–Crippen LogP) is 4.18. The largest absolute Gasteiger partial charge is 0.490 e. The van der Waals surface area contributed by atoms with Gasteiger partial charge in [0.25, 0.3) is 0 Å². The van der Waals surface area contributed by atoms with E-state index < -0.39 is 0 Å². The number of benzene rings is 1. The Hall–Kier alpha value is -1.22. The zero-order chi connectivity index (χ0) is 15.0. The van der Waals surface area contributed by atoms with Crippen molar-refractivity contribution in [2.24, 2.45) is 5.92 Å². The Balaban J connectivity index is 2.99.